The van der Waals surface area contributed by atoms with Crippen molar-refractivity contribution in [1.29, 1.82) is 5.26 Å². The number of rotatable bonds is 4. The second-order valence-corrected chi connectivity index (χ2v) is 5.77. The van der Waals surface area contributed by atoms with E-state index in [-0.39, 0.29) is 0 Å². The van der Waals surface area contributed by atoms with Gasteiger partial charge in [-0.05, 0) is 24.3 Å². The Morgan fingerprint density at radius 2 is 1.96 bits per heavy atom. The lowest BCUT2D eigenvalue weighted by Crippen LogP contribution is -1.93. The summed E-state index contributed by atoms with van der Waals surface area (Å²) in [6, 6.07) is 15.6. The van der Waals surface area contributed by atoms with Crippen molar-refractivity contribution in [3.63, 3.8) is 0 Å². The summed E-state index contributed by atoms with van der Waals surface area (Å²) in [6.07, 6.45) is 1.78. The minimum Gasteiger partial charge on any atom is -0.493 e. The summed E-state index contributed by atoms with van der Waals surface area (Å²) in [6.45, 7) is 0. The Labute approximate surface area is 138 Å². The molecule has 1 heterocycles. The lowest BCUT2D eigenvalue weighted by atomic mass is 10.1. The maximum absolute atomic E-state index is 9.53. The number of nitriles is 1. The Morgan fingerprint density at radius 3 is 2.65 bits per heavy atom. The van der Waals surface area contributed by atoms with Crippen LogP contribution in [0.25, 0.3) is 21.9 Å². The number of benzene rings is 2. The first kappa shape index (κ1) is 15.1. The van der Waals surface area contributed by atoms with E-state index in [1.165, 1.54) is 11.3 Å². The summed E-state index contributed by atoms with van der Waals surface area (Å²) in [5.41, 5.74) is 2.17. The van der Waals surface area contributed by atoms with Crippen LogP contribution in [0.15, 0.2) is 42.5 Å². The molecule has 0 unspecified atom stereocenters. The normalized spacial score (nSPS) is 11.3. The molecule has 3 aromatic rings. The Hall–Kier alpha value is -2.84. The van der Waals surface area contributed by atoms with E-state index >= 15 is 0 Å². The summed E-state index contributed by atoms with van der Waals surface area (Å²) in [5, 5.41) is 10.2. The molecule has 0 N–H and O–H groups in total. The van der Waals surface area contributed by atoms with E-state index in [2.05, 4.69) is 11.1 Å². The highest BCUT2D eigenvalue weighted by atomic mass is 32.1. The number of hydrogen-bond donors (Lipinski definition) is 0. The van der Waals surface area contributed by atoms with Gasteiger partial charge in [0.2, 0.25) is 0 Å². The van der Waals surface area contributed by atoms with E-state index in [4.69, 9.17) is 9.47 Å². The SMILES string of the molecule is COc1cccc(C=C(C#N)c2nc3ccccc3s2)c1OC. The summed E-state index contributed by atoms with van der Waals surface area (Å²) in [4.78, 5) is 4.53. The molecule has 0 bridgehead atoms. The molecule has 2 aromatic carbocycles. The average molecular weight is 322 g/mol. The van der Waals surface area contributed by atoms with Gasteiger partial charge in [0, 0.05) is 5.56 Å². The smallest absolute Gasteiger partial charge is 0.167 e. The van der Waals surface area contributed by atoms with Gasteiger partial charge in [0.05, 0.1) is 30.0 Å². The van der Waals surface area contributed by atoms with E-state index in [1.807, 2.05) is 42.5 Å². The molecule has 0 spiro atoms. The van der Waals surface area contributed by atoms with Gasteiger partial charge in [-0.25, -0.2) is 4.98 Å². The second kappa shape index (κ2) is 6.51. The summed E-state index contributed by atoms with van der Waals surface area (Å²) in [7, 11) is 3.17. The van der Waals surface area contributed by atoms with Gasteiger partial charge < -0.3 is 9.47 Å². The number of hydrogen-bond acceptors (Lipinski definition) is 5. The molecule has 0 atom stereocenters. The number of fused-ring (bicyclic) bond motifs is 1. The van der Waals surface area contributed by atoms with Crippen LogP contribution in [0.3, 0.4) is 0 Å². The molecule has 5 heteroatoms. The molecule has 0 aliphatic heterocycles. The molecule has 0 saturated carbocycles. The molecule has 0 aliphatic carbocycles. The van der Waals surface area contributed by atoms with Crippen molar-refractivity contribution in [2.75, 3.05) is 14.2 Å². The van der Waals surface area contributed by atoms with Crippen LogP contribution < -0.4 is 9.47 Å². The average Bonchev–Trinajstić information content (AvgIpc) is 3.02. The molecule has 0 radical (unpaired) electrons. The molecular formula is C18H14N2O2S. The zero-order valence-electron chi connectivity index (χ0n) is 12.7. The predicted octanol–water partition coefficient (Wildman–Crippen LogP) is 4.38. The van der Waals surface area contributed by atoms with E-state index in [0.29, 0.717) is 22.1 Å². The largest absolute Gasteiger partial charge is 0.493 e. The van der Waals surface area contributed by atoms with Crippen LogP contribution in [0.4, 0.5) is 0 Å². The molecule has 0 aliphatic rings. The third-order valence-electron chi connectivity index (χ3n) is 3.38. The maximum atomic E-state index is 9.53. The zero-order chi connectivity index (χ0) is 16.2. The Balaban J connectivity index is 2.11. The topological polar surface area (TPSA) is 55.1 Å². The van der Waals surface area contributed by atoms with Crippen LogP contribution in [-0.4, -0.2) is 19.2 Å². The molecular weight excluding hydrogens is 308 g/mol. The van der Waals surface area contributed by atoms with Crippen molar-refractivity contribution in [2.24, 2.45) is 0 Å². The molecule has 0 fully saturated rings. The van der Waals surface area contributed by atoms with Gasteiger partial charge in [-0.15, -0.1) is 11.3 Å². The summed E-state index contributed by atoms with van der Waals surface area (Å²) >= 11 is 1.50. The zero-order valence-corrected chi connectivity index (χ0v) is 13.6. The van der Waals surface area contributed by atoms with E-state index in [1.54, 1.807) is 20.3 Å². The highest BCUT2D eigenvalue weighted by molar-refractivity contribution is 7.19. The maximum Gasteiger partial charge on any atom is 0.167 e. The van der Waals surface area contributed by atoms with Gasteiger partial charge in [0.1, 0.15) is 11.1 Å². The first-order chi connectivity index (χ1) is 11.3. The highest BCUT2D eigenvalue weighted by Crippen LogP contribution is 2.34. The minimum atomic E-state index is 0.498. The van der Waals surface area contributed by atoms with Gasteiger partial charge in [-0.2, -0.15) is 5.26 Å². The fraction of sp³-hybridized carbons (Fsp3) is 0.111. The van der Waals surface area contributed by atoms with Crippen molar-refractivity contribution in [3.8, 4) is 17.6 Å². The first-order valence-electron chi connectivity index (χ1n) is 6.95. The van der Waals surface area contributed by atoms with Crippen LogP contribution >= 0.6 is 11.3 Å². The lowest BCUT2D eigenvalue weighted by Gasteiger charge is -2.10. The van der Waals surface area contributed by atoms with Crippen molar-refractivity contribution in [1.82, 2.24) is 4.98 Å². The van der Waals surface area contributed by atoms with Gasteiger partial charge in [0.15, 0.2) is 11.5 Å². The third-order valence-corrected chi connectivity index (χ3v) is 4.45. The standard InChI is InChI=1S/C18H14N2O2S/c1-21-15-8-5-6-12(17(15)22-2)10-13(11-19)18-20-14-7-3-4-9-16(14)23-18/h3-10H,1-2H3. The lowest BCUT2D eigenvalue weighted by molar-refractivity contribution is 0.354. The van der Waals surface area contributed by atoms with Crippen LogP contribution in [0.5, 0.6) is 11.5 Å². The summed E-state index contributed by atoms with van der Waals surface area (Å²) in [5.74, 6) is 1.23. The monoisotopic (exact) mass is 322 g/mol. The number of aromatic nitrogens is 1. The van der Waals surface area contributed by atoms with Crippen molar-refractivity contribution >= 4 is 33.2 Å². The van der Waals surface area contributed by atoms with Crippen molar-refractivity contribution in [2.45, 2.75) is 0 Å². The second-order valence-electron chi connectivity index (χ2n) is 4.74. The molecule has 1 aromatic heterocycles. The molecule has 114 valence electrons. The Morgan fingerprint density at radius 1 is 1.13 bits per heavy atom. The van der Waals surface area contributed by atoms with Gasteiger partial charge >= 0.3 is 0 Å². The molecule has 0 saturated heterocycles. The van der Waals surface area contributed by atoms with Crippen LogP contribution in [0.2, 0.25) is 0 Å². The summed E-state index contributed by atoms with van der Waals surface area (Å²) < 4.78 is 11.8. The quantitative estimate of drug-likeness (QED) is 0.669. The van der Waals surface area contributed by atoms with Crippen molar-refractivity contribution < 1.29 is 9.47 Å². The third kappa shape index (κ3) is 2.89. The Bertz CT molecular complexity index is 889. The van der Waals surface area contributed by atoms with Gasteiger partial charge in [0.25, 0.3) is 0 Å². The Kier molecular flexibility index (Phi) is 4.26. The molecule has 0 amide bonds. The highest BCUT2D eigenvalue weighted by Gasteiger charge is 2.12. The fourth-order valence-corrected chi connectivity index (χ4v) is 3.24. The van der Waals surface area contributed by atoms with E-state index in [0.717, 1.165) is 15.8 Å². The van der Waals surface area contributed by atoms with Gasteiger partial charge in [-0.3, -0.25) is 0 Å². The number of methoxy groups -OCH3 is 2. The van der Waals surface area contributed by atoms with E-state index in [9.17, 15) is 5.26 Å². The van der Waals surface area contributed by atoms with Crippen molar-refractivity contribution in [3.05, 3.63) is 53.0 Å². The van der Waals surface area contributed by atoms with Gasteiger partial charge in [-0.1, -0.05) is 24.3 Å². The minimum absolute atomic E-state index is 0.498. The van der Waals surface area contributed by atoms with E-state index < -0.39 is 0 Å². The fourth-order valence-electron chi connectivity index (χ4n) is 2.31. The molecule has 4 nitrogen and oxygen atoms in total. The number of allylic oxidation sites excluding steroid dienone is 1. The van der Waals surface area contributed by atoms with Crippen LogP contribution in [-0.2, 0) is 0 Å². The van der Waals surface area contributed by atoms with Crippen LogP contribution in [0, 0.1) is 11.3 Å². The number of para-hydroxylation sites is 2. The first-order valence-corrected chi connectivity index (χ1v) is 7.77. The predicted molar refractivity (Wildman–Crippen MR) is 92.7 cm³/mol. The molecule has 23 heavy (non-hydrogen) atoms. The number of ether oxygens (including phenoxy) is 2. The van der Waals surface area contributed by atoms with Crippen LogP contribution in [0.1, 0.15) is 10.6 Å². The number of nitrogens with zero attached hydrogens (tertiary/aromatic N) is 2. The molecule has 3 rings (SSSR count). The number of thiazole rings is 1.